The Labute approximate surface area is 143 Å². The first-order valence-corrected chi connectivity index (χ1v) is 8.11. The highest BCUT2D eigenvalue weighted by molar-refractivity contribution is 5.71. The second kappa shape index (κ2) is 7.02. The number of anilines is 2. The Balaban J connectivity index is 1.93. The van der Waals surface area contributed by atoms with Crippen molar-refractivity contribution in [1.82, 2.24) is 0 Å². The molecular weight excluding hydrogens is 292 g/mol. The van der Waals surface area contributed by atoms with Gasteiger partial charge in [0.2, 0.25) is 0 Å². The molecule has 0 atom stereocenters. The molecule has 0 aliphatic carbocycles. The summed E-state index contributed by atoms with van der Waals surface area (Å²) in [7, 11) is 0. The highest BCUT2D eigenvalue weighted by atomic mass is 15.2. The number of hydrogen-bond donors (Lipinski definition) is 0. The predicted octanol–water partition coefficient (Wildman–Crippen LogP) is 6.45. The predicted molar refractivity (Wildman–Crippen MR) is 102 cm³/mol. The summed E-state index contributed by atoms with van der Waals surface area (Å²) in [5, 5.41) is 0. The van der Waals surface area contributed by atoms with Crippen LogP contribution in [0.25, 0.3) is 16.0 Å². The first-order chi connectivity index (χ1) is 11.7. The van der Waals surface area contributed by atoms with E-state index in [4.69, 9.17) is 6.57 Å². The topological polar surface area (TPSA) is 7.60 Å². The second-order valence-electron chi connectivity index (χ2n) is 6.00. The molecule has 0 aromatic heterocycles. The number of benzene rings is 3. The van der Waals surface area contributed by atoms with Gasteiger partial charge in [-0.15, -0.1) is 0 Å². The molecular formula is C22H20N2. The lowest BCUT2D eigenvalue weighted by molar-refractivity contribution is 0.789. The van der Waals surface area contributed by atoms with E-state index in [0.717, 1.165) is 11.4 Å². The van der Waals surface area contributed by atoms with E-state index in [1.54, 1.807) is 0 Å². The summed E-state index contributed by atoms with van der Waals surface area (Å²) < 4.78 is 0. The minimum absolute atomic E-state index is 0.325. The van der Waals surface area contributed by atoms with Crippen LogP contribution in [-0.2, 0) is 0 Å². The van der Waals surface area contributed by atoms with Gasteiger partial charge in [-0.05, 0) is 49.2 Å². The fraction of sp³-hybridized carbons (Fsp3) is 0.136. The van der Waals surface area contributed by atoms with E-state index in [2.05, 4.69) is 72.1 Å². The van der Waals surface area contributed by atoms with Gasteiger partial charge in [0.15, 0.2) is 5.69 Å². The average Bonchev–Trinajstić information content (AvgIpc) is 2.63. The number of nitrogens with zero attached hydrogens (tertiary/aromatic N) is 2. The van der Waals surface area contributed by atoms with Crippen molar-refractivity contribution in [3.05, 3.63) is 90.3 Å². The van der Waals surface area contributed by atoms with Crippen molar-refractivity contribution in [3.63, 3.8) is 0 Å². The second-order valence-corrected chi connectivity index (χ2v) is 6.00. The van der Waals surface area contributed by atoms with E-state index in [1.807, 2.05) is 30.3 Å². The van der Waals surface area contributed by atoms with E-state index >= 15 is 0 Å². The zero-order valence-corrected chi connectivity index (χ0v) is 14.0. The van der Waals surface area contributed by atoms with Crippen LogP contribution in [0, 0.1) is 6.57 Å². The summed E-state index contributed by atoms with van der Waals surface area (Å²) in [4.78, 5) is 5.75. The molecule has 2 heteroatoms. The molecule has 0 saturated carbocycles. The van der Waals surface area contributed by atoms with Crippen LogP contribution in [-0.4, -0.2) is 6.04 Å². The molecule has 0 N–H and O–H groups in total. The van der Waals surface area contributed by atoms with Gasteiger partial charge in [-0.25, -0.2) is 4.85 Å². The van der Waals surface area contributed by atoms with Crippen LogP contribution in [0.15, 0.2) is 78.9 Å². The molecule has 0 aliphatic rings. The number of hydrogen-bond acceptors (Lipinski definition) is 1. The lowest BCUT2D eigenvalue weighted by atomic mass is 10.0. The van der Waals surface area contributed by atoms with E-state index in [1.165, 1.54) is 11.1 Å². The molecule has 0 amide bonds. The maximum Gasteiger partial charge on any atom is 0.187 e. The zero-order valence-electron chi connectivity index (χ0n) is 14.0. The molecule has 0 radical (unpaired) electrons. The van der Waals surface area contributed by atoms with Crippen LogP contribution in [0.5, 0.6) is 0 Å². The maximum atomic E-state index is 7.09. The van der Waals surface area contributed by atoms with Crippen molar-refractivity contribution in [2.45, 2.75) is 19.9 Å². The van der Waals surface area contributed by atoms with E-state index in [-0.39, 0.29) is 0 Å². The normalized spacial score (nSPS) is 10.4. The van der Waals surface area contributed by atoms with Crippen molar-refractivity contribution < 1.29 is 0 Å². The van der Waals surface area contributed by atoms with E-state index < -0.39 is 0 Å². The van der Waals surface area contributed by atoms with Crippen molar-refractivity contribution in [3.8, 4) is 11.1 Å². The highest BCUT2D eigenvalue weighted by Gasteiger charge is 2.13. The third-order valence-electron chi connectivity index (χ3n) is 4.03. The van der Waals surface area contributed by atoms with Crippen LogP contribution < -0.4 is 4.90 Å². The van der Waals surface area contributed by atoms with Crippen LogP contribution in [0.1, 0.15) is 13.8 Å². The SMILES string of the molecule is [C-]#[N+]c1ccc(N(c2ccc(-c3ccccc3)cc2)C(C)C)cc1. The highest BCUT2D eigenvalue weighted by Crippen LogP contribution is 2.31. The van der Waals surface area contributed by atoms with Gasteiger partial charge in [-0.2, -0.15) is 0 Å². The summed E-state index contributed by atoms with van der Waals surface area (Å²) in [6.07, 6.45) is 0. The Morgan fingerprint density at radius 3 is 1.71 bits per heavy atom. The Morgan fingerprint density at radius 1 is 0.708 bits per heavy atom. The molecule has 3 rings (SSSR count). The molecule has 0 spiro atoms. The van der Waals surface area contributed by atoms with Crippen molar-refractivity contribution >= 4 is 17.1 Å². The molecule has 2 nitrogen and oxygen atoms in total. The molecule has 0 bridgehead atoms. The van der Waals surface area contributed by atoms with Gasteiger partial charge in [0, 0.05) is 17.4 Å². The smallest absolute Gasteiger partial charge is 0.187 e. The van der Waals surface area contributed by atoms with Crippen LogP contribution in [0.2, 0.25) is 0 Å². The number of rotatable bonds is 4. The third kappa shape index (κ3) is 3.31. The van der Waals surface area contributed by atoms with Crippen molar-refractivity contribution in [1.29, 1.82) is 0 Å². The lowest BCUT2D eigenvalue weighted by Gasteiger charge is -2.29. The summed E-state index contributed by atoms with van der Waals surface area (Å²) in [6, 6.07) is 27.1. The average molecular weight is 312 g/mol. The fourth-order valence-corrected chi connectivity index (χ4v) is 2.88. The maximum absolute atomic E-state index is 7.09. The molecule has 0 fully saturated rings. The Hall–Kier alpha value is -3.05. The Morgan fingerprint density at radius 2 is 1.21 bits per heavy atom. The van der Waals surface area contributed by atoms with Gasteiger partial charge in [0.25, 0.3) is 0 Å². The summed E-state index contributed by atoms with van der Waals surface area (Å²) in [6.45, 7) is 11.4. The van der Waals surface area contributed by atoms with Gasteiger partial charge < -0.3 is 4.90 Å². The summed E-state index contributed by atoms with van der Waals surface area (Å²) >= 11 is 0. The van der Waals surface area contributed by atoms with E-state index in [0.29, 0.717) is 11.7 Å². The molecule has 24 heavy (non-hydrogen) atoms. The van der Waals surface area contributed by atoms with Crippen LogP contribution in [0.4, 0.5) is 17.1 Å². The van der Waals surface area contributed by atoms with Crippen molar-refractivity contribution in [2.75, 3.05) is 4.90 Å². The molecule has 0 saturated heterocycles. The van der Waals surface area contributed by atoms with Gasteiger partial charge in [0.1, 0.15) is 0 Å². The fourth-order valence-electron chi connectivity index (χ4n) is 2.88. The first kappa shape index (κ1) is 15.8. The van der Waals surface area contributed by atoms with Gasteiger partial charge >= 0.3 is 0 Å². The molecule has 0 aliphatic heterocycles. The van der Waals surface area contributed by atoms with Crippen LogP contribution >= 0.6 is 0 Å². The summed E-state index contributed by atoms with van der Waals surface area (Å²) in [5.41, 5.74) is 5.36. The van der Waals surface area contributed by atoms with Crippen LogP contribution in [0.3, 0.4) is 0 Å². The lowest BCUT2D eigenvalue weighted by Crippen LogP contribution is -2.25. The quantitative estimate of drug-likeness (QED) is 0.502. The summed E-state index contributed by atoms with van der Waals surface area (Å²) in [5.74, 6) is 0. The van der Waals surface area contributed by atoms with Gasteiger partial charge in [0.05, 0.1) is 6.57 Å². The molecule has 0 unspecified atom stereocenters. The molecule has 3 aromatic carbocycles. The minimum atomic E-state index is 0.325. The Bertz CT molecular complexity index is 826. The third-order valence-corrected chi connectivity index (χ3v) is 4.03. The largest absolute Gasteiger partial charge is 0.339 e. The van der Waals surface area contributed by atoms with Gasteiger partial charge in [-0.3, -0.25) is 0 Å². The first-order valence-electron chi connectivity index (χ1n) is 8.11. The standard InChI is InChI=1S/C22H20N2/c1-17(2)24(22-15-11-20(23-3)12-16-22)21-13-9-19(10-14-21)18-7-5-4-6-8-18/h4-17H,1-2H3. The molecule has 118 valence electrons. The van der Waals surface area contributed by atoms with E-state index in [9.17, 15) is 0 Å². The monoisotopic (exact) mass is 312 g/mol. The minimum Gasteiger partial charge on any atom is -0.339 e. The van der Waals surface area contributed by atoms with Crippen molar-refractivity contribution in [2.24, 2.45) is 0 Å². The molecule has 3 aromatic rings. The molecule has 0 heterocycles. The van der Waals surface area contributed by atoms with Gasteiger partial charge in [-0.1, -0.05) is 54.6 Å². The Kier molecular flexibility index (Phi) is 4.63. The zero-order chi connectivity index (χ0) is 16.9.